The fraction of sp³-hybridized carbons (Fsp3) is 0.333. The Morgan fingerprint density at radius 3 is 2.88 bits per heavy atom. The molecule has 1 aromatic carbocycles. The topological polar surface area (TPSA) is 16.4 Å². The number of nitrogens with zero attached hydrogens (tertiary/aromatic N) is 1. The predicted octanol–water partition coefficient (Wildman–Crippen LogP) is 4.08. The molecule has 0 aliphatic heterocycles. The molecule has 0 fully saturated rings. The molecule has 1 unspecified atom stereocenters. The van der Waals surface area contributed by atoms with E-state index in [-0.39, 0.29) is 0 Å². The number of fused-ring (bicyclic) bond motifs is 1. The van der Waals surface area contributed by atoms with E-state index in [9.17, 15) is 0 Å². The van der Waals surface area contributed by atoms with E-state index in [1.807, 2.05) is 17.8 Å². The van der Waals surface area contributed by atoms with E-state index in [4.69, 9.17) is 4.42 Å². The van der Waals surface area contributed by atoms with Gasteiger partial charge in [0, 0.05) is 10.3 Å². The standard InChI is InChI=1S/C12H15NOS2/c1-9(15-3)13(2)16-11-5-4-10-6-7-14-12(10)8-11/h4-9H,1-3H3. The number of thioether (sulfide) groups is 1. The molecular weight excluding hydrogens is 238 g/mol. The fourth-order valence-electron chi connectivity index (χ4n) is 1.38. The smallest absolute Gasteiger partial charge is 0.135 e. The summed E-state index contributed by atoms with van der Waals surface area (Å²) in [5.74, 6) is 0. The molecule has 4 heteroatoms. The summed E-state index contributed by atoms with van der Waals surface area (Å²) in [5, 5.41) is 1.65. The first-order valence-electron chi connectivity index (χ1n) is 5.11. The van der Waals surface area contributed by atoms with Crippen LogP contribution in [0.3, 0.4) is 0 Å². The Labute approximate surface area is 105 Å². The summed E-state index contributed by atoms with van der Waals surface area (Å²) in [7, 11) is 2.11. The highest BCUT2D eigenvalue weighted by molar-refractivity contribution is 8.01. The second-order valence-corrected chi connectivity index (χ2v) is 5.98. The SMILES string of the molecule is CSC(C)N(C)Sc1ccc2ccoc2c1. The van der Waals surface area contributed by atoms with E-state index < -0.39 is 0 Å². The van der Waals surface area contributed by atoms with E-state index in [0.717, 1.165) is 11.0 Å². The molecular formula is C12H15NOS2. The maximum Gasteiger partial charge on any atom is 0.135 e. The van der Waals surface area contributed by atoms with Gasteiger partial charge in [-0.25, -0.2) is 4.31 Å². The molecule has 0 amide bonds. The molecule has 2 aromatic rings. The maximum absolute atomic E-state index is 5.39. The molecule has 0 spiro atoms. The van der Waals surface area contributed by atoms with Gasteiger partial charge in [0.05, 0.1) is 11.6 Å². The zero-order valence-electron chi connectivity index (χ0n) is 9.64. The molecule has 1 heterocycles. The van der Waals surface area contributed by atoms with Crippen molar-refractivity contribution >= 4 is 34.7 Å². The van der Waals surface area contributed by atoms with Gasteiger partial charge in [0.2, 0.25) is 0 Å². The van der Waals surface area contributed by atoms with Gasteiger partial charge in [-0.2, -0.15) is 0 Å². The van der Waals surface area contributed by atoms with Crippen molar-refractivity contribution in [2.45, 2.75) is 17.2 Å². The van der Waals surface area contributed by atoms with Crippen molar-refractivity contribution < 1.29 is 4.42 Å². The largest absolute Gasteiger partial charge is 0.464 e. The van der Waals surface area contributed by atoms with Crippen molar-refractivity contribution in [1.29, 1.82) is 0 Å². The van der Waals surface area contributed by atoms with Gasteiger partial charge in [-0.15, -0.1) is 11.8 Å². The van der Waals surface area contributed by atoms with Crippen LogP contribution in [-0.2, 0) is 0 Å². The van der Waals surface area contributed by atoms with Crippen molar-refractivity contribution in [2.24, 2.45) is 0 Å². The average Bonchev–Trinajstić information content (AvgIpc) is 2.75. The Bertz CT molecular complexity index is 469. The number of hydrogen-bond donors (Lipinski definition) is 0. The molecule has 1 atom stereocenters. The first-order chi connectivity index (χ1) is 7.70. The lowest BCUT2D eigenvalue weighted by molar-refractivity contribution is 0.562. The van der Waals surface area contributed by atoms with Crippen molar-refractivity contribution in [3.8, 4) is 0 Å². The van der Waals surface area contributed by atoms with Gasteiger partial charge < -0.3 is 4.42 Å². The van der Waals surface area contributed by atoms with Crippen LogP contribution in [0.25, 0.3) is 11.0 Å². The number of rotatable bonds is 4. The predicted molar refractivity (Wildman–Crippen MR) is 72.8 cm³/mol. The van der Waals surface area contributed by atoms with Crippen LogP contribution in [0.1, 0.15) is 6.92 Å². The normalized spacial score (nSPS) is 13.5. The average molecular weight is 253 g/mol. The highest BCUT2D eigenvalue weighted by atomic mass is 32.2. The Hall–Kier alpha value is -0.580. The highest BCUT2D eigenvalue weighted by Crippen LogP contribution is 2.29. The molecule has 0 aliphatic carbocycles. The van der Waals surface area contributed by atoms with Crippen LogP contribution < -0.4 is 0 Å². The molecule has 2 rings (SSSR count). The molecule has 0 radical (unpaired) electrons. The van der Waals surface area contributed by atoms with Crippen LogP contribution in [0, 0.1) is 0 Å². The van der Waals surface area contributed by atoms with Crippen LogP contribution in [0.5, 0.6) is 0 Å². The van der Waals surface area contributed by atoms with Gasteiger partial charge in [-0.05, 0) is 56.4 Å². The molecule has 0 bridgehead atoms. The molecule has 86 valence electrons. The van der Waals surface area contributed by atoms with Gasteiger partial charge in [0.1, 0.15) is 5.58 Å². The van der Waals surface area contributed by atoms with E-state index in [1.165, 1.54) is 4.90 Å². The lowest BCUT2D eigenvalue weighted by Gasteiger charge is -2.21. The first kappa shape index (κ1) is 11.9. The van der Waals surface area contributed by atoms with E-state index in [1.54, 1.807) is 18.2 Å². The first-order valence-corrected chi connectivity index (χ1v) is 7.17. The second-order valence-electron chi connectivity index (χ2n) is 3.59. The summed E-state index contributed by atoms with van der Waals surface area (Å²) in [5.41, 5.74) is 0.954. The molecule has 16 heavy (non-hydrogen) atoms. The summed E-state index contributed by atoms with van der Waals surface area (Å²) in [6.45, 7) is 2.20. The van der Waals surface area contributed by atoms with Crippen molar-refractivity contribution in [3.63, 3.8) is 0 Å². The zero-order valence-corrected chi connectivity index (χ0v) is 11.3. The minimum Gasteiger partial charge on any atom is -0.464 e. The van der Waals surface area contributed by atoms with Gasteiger partial charge >= 0.3 is 0 Å². The third-order valence-corrected chi connectivity index (χ3v) is 4.73. The van der Waals surface area contributed by atoms with E-state index in [0.29, 0.717) is 5.37 Å². The minimum atomic E-state index is 0.497. The Kier molecular flexibility index (Phi) is 3.84. The quantitative estimate of drug-likeness (QED) is 0.602. The lowest BCUT2D eigenvalue weighted by atomic mass is 10.3. The Balaban J connectivity index is 2.14. The van der Waals surface area contributed by atoms with Crippen LogP contribution >= 0.6 is 23.7 Å². The van der Waals surface area contributed by atoms with E-state index >= 15 is 0 Å². The molecule has 1 aromatic heterocycles. The zero-order chi connectivity index (χ0) is 11.5. The molecule has 0 saturated heterocycles. The van der Waals surface area contributed by atoms with E-state index in [2.05, 4.69) is 42.7 Å². The van der Waals surface area contributed by atoms with Crippen LogP contribution in [0.4, 0.5) is 0 Å². The van der Waals surface area contributed by atoms with Crippen LogP contribution in [0.15, 0.2) is 39.8 Å². The molecule has 2 nitrogen and oxygen atoms in total. The van der Waals surface area contributed by atoms with Gasteiger partial charge in [-0.3, -0.25) is 0 Å². The summed E-state index contributed by atoms with van der Waals surface area (Å²) in [4.78, 5) is 1.21. The van der Waals surface area contributed by atoms with Crippen LogP contribution in [-0.4, -0.2) is 23.0 Å². The monoisotopic (exact) mass is 253 g/mol. The lowest BCUT2D eigenvalue weighted by Crippen LogP contribution is -2.18. The number of furan rings is 1. The Morgan fingerprint density at radius 2 is 2.12 bits per heavy atom. The molecule has 0 saturated carbocycles. The third-order valence-electron chi connectivity index (χ3n) is 2.53. The third kappa shape index (κ3) is 2.56. The second kappa shape index (κ2) is 5.17. The van der Waals surface area contributed by atoms with Crippen molar-refractivity contribution in [3.05, 3.63) is 30.5 Å². The van der Waals surface area contributed by atoms with Crippen molar-refractivity contribution in [2.75, 3.05) is 13.3 Å². The fourth-order valence-corrected chi connectivity index (χ4v) is 2.83. The van der Waals surface area contributed by atoms with Crippen molar-refractivity contribution in [1.82, 2.24) is 4.31 Å². The van der Waals surface area contributed by atoms with Crippen LogP contribution in [0.2, 0.25) is 0 Å². The number of benzene rings is 1. The summed E-state index contributed by atoms with van der Waals surface area (Å²) < 4.78 is 7.63. The number of hydrogen-bond acceptors (Lipinski definition) is 4. The maximum atomic E-state index is 5.39. The van der Waals surface area contributed by atoms with Gasteiger partial charge in [0.25, 0.3) is 0 Å². The molecule has 0 aliphatic rings. The molecule has 0 N–H and O–H groups in total. The minimum absolute atomic E-state index is 0.497. The van der Waals surface area contributed by atoms with Gasteiger partial charge in [0.15, 0.2) is 0 Å². The summed E-state index contributed by atoms with van der Waals surface area (Å²) in [6, 6.07) is 8.30. The van der Waals surface area contributed by atoms with Gasteiger partial charge in [-0.1, -0.05) is 0 Å². The summed E-state index contributed by atoms with van der Waals surface area (Å²) in [6.07, 6.45) is 3.85. The highest BCUT2D eigenvalue weighted by Gasteiger charge is 2.09. The Morgan fingerprint density at radius 1 is 1.31 bits per heavy atom. The summed E-state index contributed by atoms with van der Waals surface area (Å²) >= 11 is 3.59.